The van der Waals surface area contributed by atoms with Crippen LogP contribution in [0.25, 0.3) is 0 Å². The van der Waals surface area contributed by atoms with Crippen LogP contribution in [0, 0.1) is 0 Å². The number of hydrogen-bond acceptors (Lipinski definition) is 4. The fourth-order valence-corrected chi connectivity index (χ4v) is 4.33. The van der Waals surface area contributed by atoms with Gasteiger partial charge in [0.05, 0.1) is 4.90 Å². The Labute approximate surface area is 164 Å². The third-order valence-corrected chi connectivity index (χ3v) is 6.28. The van der Waals surface area contributed by atoms with Crippen LogP contribution in [0.2, 0.25) is 5.02 Å². The van der Waals surface area contributed by atoms with Crippen molar-refractivity contribution in [3.8, 4) is 0 Å². The monoisotopic (exact) mass is 414 g/mol. The summed E-state index contributed by atoms with van der Waals surface area (Å²) in [6, 6.07) is 10.3. The Hall–Kier alpha value is -1.61. The topological polar surface area (TPSA) is 73.8 Å². The average Bonchev–Trinajstić information content (AvgIpc) is 3.13. The molecule has 1 aromatic carbocycles. The molecule has 0 atom stereocenters. The quantitative estimate of drug-likeness (QED) is 0.395. The van der Waals surface area contributed by atoms with E-state index < -0.39 is 10.0 Å². The third-order valence-electron chi connectivity index (χ3n) is 3.65. The van der Waals surface area contributed by atoms with E-state index >= 15 is 0 Å². The predicted molar refractivity (Wildman–Crippen MR) is 109 cm³/mol. The fourth-order valence-electron chi connectivity index (χ4n) is 2.30. The highest BCUT2D eigenvalue weighted by Crippen LogP contribution is 2.14. The molecule has 0 unspecified atom stereocenters. The van der Waals surface area contributed by atoms with Gasteiger partial charge in [-0.2, -0.15) is 0 Å². The molecule has 2 aromatic rings. The van der Waals surface area contributed by atoms with Gasteiger partial charge in [-0.25, -0.2) is 13.1 Å². The van der Waals surface area contributed by atoms with E-state index in [1.165, 1.54) is 17.0 Å². The summed E-state index contributed by atoms with van der Waals surface area (Å²) >= 11 is 7.58. The molecule has 142 valence electrons. The van der Waals surface area contributed by atoms with Gasteiger partial charge in [-0.05, 0) is 36.1 Å². The third kappa shape index (κ3) is 6.28. The van der Waals surface area contributed by atoms with E-state index in [0.717, 1.165) is 18.9 Å². The molecule has 0 aliphatic rings. The summed E-state index contributed by atoms with van der Waals surface area (Å²) in [7, 11) is 0.0918. The summed E-state index contributed by atoms with van der Waals surface area (Å²) < 4.78 is 27.0. The van der Waals surface area contributed by atoms with Gasteiger partial charge in [0.1, 0.15) is 0 Å². The molecular weight excluding hydrogens is 392 g/mol. The van der Waals surface area contributed by atoms with Crippen molar-refractivity contribution in [3.63, 3.8) is 0 Å². The second-order valence-electron chi connectivity index (χ2n) is 5.58. The molecule has 0 amide bonds. The van der Waals surface area contributed by atoms with Crippen molar-refractivity contribution in [1.82, 2.24) is 14.9 Å². The van der Waals surface area contributed by atoms with Gasteiger partial charge < -0.3 is 10.2 Å². The van der Waals surface area contributed by atoms with Gasteiger partial charge in [-0.15, -0.1) is 11.3 Å². The molecule has 0 aliphatic heterocycles. The van der Waals surface area contributed by atoms with Crippen LogP contribution < -0.4 is 10.0 Å². The molecule has 0 aliphatic carbocycles. The Bertz CT molecular complexity index is 823. The van der Waals surface area contributed by atoms with Crippen molar-refractivity contribution >= 4 is 38.9 Å². The number of sulfonamides is 1. The Kier molecular flexibility index (Phi) is 7.89. The Morgan fingerprint density at radius 2 is 2.08 bits per heavy atom. The van der Waals surface area contributed by atoms with E-state index in [0.29, 0.717) is 11.6 Å². The van der Waals surface area contributed by atoms with Gasteiger partial charge in [0.15, 0.2) is 5.96 Å². The molecule has 0 saturated carbocycles. The van der Waals surface area contributed by atoms with E-state index in [2.05, 4.69) is 26.5 Å². The largest absolute Gasteiger partial charge is 0.355 e. The first kappa shape index (κ1) is 20.7. The zero-order chi connectivity index (χ0) is 19.0. The molecule has 0 bridgehead atoms. The second kappa shape index (κ2) is 9.91. The van der Waals surface area contributed by atoms with E-state index in [4.69, 9.17) is 11.6 Å². The van der Waals surface area contributed by atoms with Crippen LogP contribution in [0.3, 0.4) is 0 Å². The molecule has 0 fully saturated rings. The lowest BCUT2D eigenvalue weighted by Gasteiger charge is -2.21. The number of nitrogens with one attached hydrogen (secondary N) is 2. The van der Waals surface area contributed by atoms with Crippen molar-refractivity contribution in [2.75, 3.05) is 33.7 Å². The Balaban J connectivity index is 1.78. The molecule has 1 heterocycles. The minimum absolute atomic E-state index is 0.155. The van der Waals surface area contributed by atoms with Crippen molar-refractivity contribution in [2.45, 2.75) is 11.3 Å². The maximum atomic E-state index is 12.2. The van der Waals surface area contributed by atoms with E-state index in [1.807, 2.05) is 18.0 Å². The van der Waals surface area contributed by atoms with Crippen LogP contribution >= 0.6 is 22.9 Å². The maximum absolute atomic E-state index is 12.2. The van der Waals surface area contributed by atoms with Gasteiger partial charge in [-0.3, -0.25) is 4.99 Å². The van der Waals surface area contributed by atoms with Crippen LogP contribution in [-0.4, -0.2) is 53.0 Å². The first-order chi connectivity index (χ1) is 12.4. The number of guanidine groups is 1. The molecule has 0 spiro atoms. The highest BCUT2D eigenvalue weighted by Gasteiger charge is 2.13. The summed E-state index contributed by atoms with van der Waals surface area (Å²) in [6.45, 7) is 1.50. The molecule has 2 N–H and O–H groups in total. The number of halogens is 1. The first-order valence-electron chi connectivity index (χ1n) is 8.12. The standard InChI is InChI=1S/C17H23ClN4O2S2/c1-19-17(22(2)11-8-15-6-4-12-25-15)20-9-10-21-26(23,24)16-7-3-5-14(18)13-16/h3-7,12-13,21H,8-11H2,1-2H3,(H,19,20). The highest BCUT2D eigenvalue weighted by atomic mass is 35.5. The number of hydrogen-bond donors (Lipinski definition) is 2. The SMILES string of the molecule is CN=C(NCCNS(=O)(=O)c1cccc(Cl)c1)N(C)CCc1cccs1. The smallest absolute Gasteiger partial charge is 0.240 e. The zero-order valence-corrected chi connectivity index (χ0v) is 17.2. The van der Waals surface area contributed by atoms with E-state index in [1.54, 1.807) is 30.5 Å². The van der Waals surface area contributed by atoms with Crippen LogP contribution in [-0.2, 0) is 16.4 Å². The maximum Gasteiger partial charge on any atom is 0.240 e. The second-order valence-corrected chi connectivity index (χ2v) is 8.82. The van der Waals surface area contributed by atoms with Gasteiger partial charge >= 0.3 is 0 Å². The molecule has 2 rings (SSSR count). The normalized spacial score (nSPS) is 12.2. The number of nitrogens with zero attached hydrogens (tertiary/aromatic N) is 2. The number of benzene rings is 1. The highest BCUT2D eigenvalue weighted by molar-refractivity contribution is 7.89. The summed E-state index contributed by atoms with van der Waals surface area (Å²) in [4.78, 5) is 7.73. The van der Waals surface area contributed by atoms with Crippen LogP contribution in [0.1, 0.15) is 4.88 Å². The van der Waals surface area contributed by atoms with Crippen molar-refractivity contribution in [2.24, 2.45) is 4.99 Å². The average molecular weight is 415 g/mol. The lowest BCUT2D eigenvalue weighted by atomic mass is 10.3. The molecule has 26 heavy (non-hydrogen) atoms. The predicted octanol–water partition coefficient (Wildman–Crippen LogP) is 2.43. The number of aliphatic imine (C=N–C) groups is 1. The minimum atomic E-state index is -3.57. The number of likely N-dealkylation sites (N-methyl/N-ethyl adjacent to an activating group) is 1. The van der Waals surface area contributed by atoms with Gasteiger partial charge in [0.25, 0.3) is 0 Å². The molecular formula is C17H23ClN4O2S2. The van der Waals surface area contributed by atoms with Crippen molar-refractivity contribution < 1.29 is 8.42 Å². The van der Waals surface area contributed by atoms with E-state index in [9.17, 15) is 8.42 Å². The number of rotatable bonds is 8. The Morgan fingerprint density at radius 3 is 2.73 bits per heavy atom. The van der Waals surface area contributed by atoms with Gasteiger partial charge in [0, 0.05) is 43.6 Å². The minimum Gasteiger partial charge on any atom is -0.355 e. The van der Waals surface area contributed by atoms with Gasteiger partial charge in [-0.1, -0.05) is 23.7 Å². The van der Waals surface area contributed by atoms with Gasteiger partial charge in [0.2, 0.25) is 10.0 Å². The Morgan fingerprint density at radius 1 is 1.27 bits per heavy atom. The van der Waals surface area contributed by atoms with E-state index in [-0.39, 0.29) is 11.4 Å². The fraction of sp³-hybridized carbons (Fsp3) is 0.353. The lowest BCUT2D eigenvalue weighted by molar-refractivity contribution is 0.486. The lowest BCUT2D eigenvalue weighted by Crippen LogP contribution is -2.43. The van der Waals surface area contributed by atoms with Crippen LogP contribution in [0.5, 0.6) is 0 Å². The summed E-state index contributed by atoms with van der Waals surface area (Å²) in [5.41, 5.74) is 0. The van der Waals surface area contributed by atoms with Crippen molar-refractivity contribution in [1.29, 1.82) is 0 Å². The van der Waals surface area contributed by atoms with Crippen LogP contribution in [0.15, 0.2) is 51.7 Å². The molecule has 6 nitrogen and oxygen atoms in total. The summed E-state index contributed by atoms with van der Waals surface area (Å²) in [5.74, 6) is 0.725. The molecule has 1 aromatic heterocycles. The summed E-state index contributed by atoms with van der Waals surface area (Å²) in [5, 5.41) is 5.61. The summed E-state index contributed by atoms with van der Waals surface area (Å²) in [6.07, 6.45) is 0.941. The zero-order valence-electron chi connectivity index (χ0n) is 14.8. The first-order valence-corrected chi connectivity index (χ1v) is 10.9. The van der Waals surface area contributed by atoms with Crippen molar-refractivity contribution in [3.05, 3.63) is 51.7 Å². The van der Waals surface area contributed by atoms with Crippen LogP contribution in [0.4, 0.5) is 0 Å². The molecule has 0 radical (unpaired) electrons. The molecule has 0 saturated heterocycles. The molecule has 9 heteroatoms. The number of thiophene rings is 1.